The van der Waals surface area contributed by atoms with Gasteiger partial charge in [-0.3, -0.25) is 0 Å². The second-order valence-electron chi connectivity index (χ2n) is 6.30. The molecule has 0 heterocycles. The standard InChI is InChI=1S/C20H24O3/c1-5-6-14-8-10-16(19(21)18(14)20(22)23)17-11-13(4)7-9-15(17)12(2)3/h7-12,21H,5-6H2,1-4H3,(H,22,23). The van der Waals surface area contributed by atoms with E-state index in [0.29, 0.717) is 17.5 Å². The van der Waals surface area contributed by atoms with E-state index in [0.717, 1.165) is 23.1 Å². The Bertz CT molecular complexity index is 730. The lowest BCUT2D eigenvalue weighted by atomic mass is 9.88. The molecule has 0 unspecified atom stereocenters. The molecule has 0 amide bonds. The average Bonchev–Trinajstić information content (AvgIpc) is 2.47. The number of carboxylic acid groups (broad SMARTS) is 1. The van der Waals surface area contributed by atoms with E-state index in [1.54, 1.807) is 0 Å². The summed E-state index contributed by atoms with van der Waals surface area (Å²) in [7, 11) is 0. The van der Waals surface area contributed by atoms with Crippen LogP contribution in [0.1, 0.15) is 60.2 Å². The Balaban J connectivity index is 2.73. The third-order valence-corrected chi connectivity index (χ3v) is 4.12. The fraction of sp³-hybridized carbons (Fsp3) is 0.350. The van der Waals surface area contributed by atoms with Gasteiger partial charge < -0.3 is 10.2 Å². The highest BCUT2D eigenvalue weighted by Gasteiger charge is 2.21. The summed E-state index contributed by atoms with van der Waals surface area (Å²) in [6, 6.07) is 9.77. The van der Waals surface area contributed by atoms with E-state index in [4.69, 9.17) is 0 Å². The van der Waals surface area contributed by atoms with Gasteiger partial charge in [-0.25, -0.2) is 4.79 Å². The molecule has 0 aromatic heterocycles. The summed E-state index contributed by atoms with van der Waals surface area (Å²) < 4.78 is 0. The zero-order chi connectivity index (χ0) is 17.1. The van der Waals surface area contributed by atoms with Crippen LogP contribution >= 0.6 is 0 Å². The van der Waals surface area contributed by atoms with Crippen molar-refractivity contribution in [1.29, 1.82) is 0 Å². The van der Waals surface area contributed by atoms with Gasteiger partial charge in [0.15, 0.2) is 0 Å². The molecule has 2 aromatic rings. The van der Waals surface area contributed by atoms with Crippen molar-refractivity contribution in [2.24, 2.45) is 0 Å². The molecule has 0 saturated carbocycles. The smallest absolute Gasteiger partial charge is 0.339 e. The first-order valence-electron chi connectivity index (χ1n) is 8.05. The Morgan fingerprint density at radius 2 is 1.83 bits per heavy atom. The van der Waals surface area contributed by atoms with Crippen molar-refractivity contribution in [2.45, 2.75) is 46.5 Å². The monoisotopic (exact) mass is 312 g/mol. The highest BCUT2D eigenvalue weighted by molar-refractivity contribution is 5.96. The van der Waals surface area contributed by atoms with E-state index in [1.807, 2.05) is 38.1 Å². The predicted octanol–water partition coefficient (Wildman–Crippen LogP) is 5.14. The average molecular weight is 312 g/mol. The second kappa shape index (κ2) is 6.86. The summed E-state index contributed by atoms with van der Waals surface area (Å²) in [6.07, 6.45) is 1.47. The van der Waals surface area contributed by atoms with Gasteiger partial charge in [0.2, 0.25) is 0 Å². The molecular weight excluding hydrogens is 288 g/mol. The van der Waals surface area contributed by atoms with E-state index < -0.39 is 5.97 Å². The van der Waals surface area contributed by atoms with Gasteiger partial charge in [-0.2, -0.15) is 0 Å². The van der Waals surface area contributed by atoms with Crippen LogP contribution in [0.3, 0.4) is 0 Å². The van der Waals surface area contributed by atoms with Crippen LogP contribution in [0.2, 0.25) is 0 Å². The van der Waals surface area contributed by atoms with Crippen molar-refractivity contribution in [3.05, 3.63) is 52.6 Å². The predicted molar refractivity (Wildman–Crippen MR) is 93.3 cm³/mol. The van der Waals surface area contributed by atoms with Crippen molar-refractivity contribution in [3.63, 3.8) is 0 Å². The van der Waals surface area contributed by atoms with Gasteiger partial charge in [-0.1, -0.05) is 63.1 Å². The van der Waals surface area contributed by atoms with Gasteiger partial charge >= 0.3 is 5.97 Å². The number of aryl methyl sites for hydroxylation is 2. The molecule has 0 bridgehead atoms. The number of benzene rings is 2. The summed E-state index contributed by atoms with van der Waals surface area (Å²) in [4.78, 5) is 11.6. The molecule has 2 rings (SSSR count). The van der Waals surface area contributed by atoms with Crippen LogP contribution in [0.4, 0.5) is 0 Å². The Kier molecular flexibility index (Phi) is 5.09. The molecule has 2 aromatic carbocycles. The summed E-state index contributed by atoms with van der Waals surface area (Å²) in [6.45, 7) is 8.17. The number of hydrogen-bond acceptors (Lipinski definition) is 2. The van der Waals surface area contributed by atoms with Crippen LogP contribution in [0.5, 0.6) is 5.75 Å². The highest BCUT2D eigenvalue weighted by atomic mass is 16.4. The number of aromatic hydroxyl groups is 1. The zero-order valence-electron chi connectivity index (χ0n) is 14.2. The fourth-order valence-corrected chi connectivity index (χ4v) is 2.97. The Hall–Kier alpha value is -2.29. The molecule has 3 nitrogen and oxygen atoms in total. The van der Waals surface area contributed by atoms with E-state index in [1.165, 1.54) is 0 Å². The van der Waals surface area contributed by atoms with Gasteiger partial charge in [0.1, 0.15) is 11.3 Å². The Morgan fingerprint density at radius 3 is 2.39 bits per heavy atom. The van der Waals surface area contributed by atoms with Crippen LogP contribution in [-0.2, 0) is 6.42 Å². The van der Waals surface area contributed by atoms with E-state index >= 15 is 0 Å². The highest BCUT2D eigenvalue weighted by Crippen LogP contribution is 2.39. The van der Waals surface area contributed by atoms with Crippen LogP contribution in [0, 0.1) is 6.92 Å². The zero-order valence-corrected chi connectivity index (χ0v) is 14.2. The molecule has 0 aliphatic heterocycles. The maximum absolute atomic E-state index is 11.6. The topological polar surface area (TPSA) is 57.5 Å². The van der Waals surface area contributed by atoms with Gasteiger partial charge in [0.05, 0.1) is 0 Å². The number of rotatable bonds is 5. The third-order valence-electron chi connectivity index (χ3n) is 4.12. The molecule has 0 aliphatic carbocycles. The normalized spacial score (nSPS) is 11.0. The molecule has 0 spiro atoms. The van der Waals surface area contributed by atoms with Crippen molar-refractivity contribution in [2.75, 3.05) is 0 Å². The van der Waals surface area contributed by atoms with Gasteiger partial charge in [-0.15, -0.1) is 0 Å². The maximum Gasteiger partial charge on any atom is 0.339 e. The number of carboxylic acids is 1. The Morgan fingerprint density at radius 1 is 1.13 bits per heavy atom. The van der Waals surface area contributed by atoms with Crippen LogP contribution in [-0.4, -0.2) is 16.2 Å². The SMILES string of the molecule is CCCc1ccc(-c2cc(C)ccc2C(C)C)c(O)c1C(=O)O. The second-order valence-corrected chi connectivity index (χ2v) is 6.30. The minimum atomic E-state index is -1.08. The Labute approximate surface area is 137 Å². The van der Waals surface area contributed by atoms with Crippen molar-refractivity contribution < 1.29 is 15.0 Å². The minimum absolute atomic E-state index is 0.0283. The lowest BCUT2D eigenvalue weighted by Crippen LogP contribution is -2.04. The lowest BCUT2D eigenvalue weighted by Gasteiger charge is -2.17. The molecule has 0 fully saturated rings. The largest absolute Gasteiger partial charge is 0.506 e. The summed E-state index contributed by atoms with van der Waals surface area (Å²) >= 11 is 0. The molecule has 0 radical (unpaired) electrons. The van der Waals surface area contributed by atoms with Crippen LogP contribution in [0.15, 0.2) is 30.3 Å². The number of hydrogen-bond donors (Lipinski definition) is 2. The summed E-state index contributed by atoms with van der Waals surface area (Å²) in [5.41, 5.74) is 4.39. The van der Waals surface area contributed by atoms with Gasteiger partial charge in [0, 0.05) is 5.56 Å². The fourth-order valence-electron chi connectivity index (χ4n) is 2.97. The third kappa shape index (κ3) is 3.39. The molecule has 3 heteroatoms. The first-order chi connectivity index (χ1) is 10.9. The first-order valence-corrected chi connectivity index (χ1v) is 8.05. The lowest BCUT2D eigenvalue weighted by molar-refractivity contribution is 0.0692. The van der Waals surface area contributed by atoms with E-state index in [2.05, 4.69) is 19.9 Å². The maximum atomic E-state index is 11.6. The molecular formula is C20H24O3. The number of phenols is 1. The molecule has 0 saturated heterocycles. The molecule has 122 valence electrons. The van der Waals surface area contributed by atoms with Crippen molar-refractivity contribution >= 4 is 5.97 Å². The molecule has 0 aliphatic rings. The van der Waals surface area contributed by atoms with Crippen LogP contribution < -0.4 is 0 Å². The first kappa shape index (κ1) is 17.1. The van der Waals surface area contributed by atoms with Gasteiger partial charge in [-0.05, 0) is 36.0 Å². The molecule has 0 atom stereocenters. The van der Waals surface area contributed by atoms with Crippen molar-refractivity contribution in [1.82, 2.24) is 0 Å². The molecule has 23 heavy (non-hydrogen) atoms. The summed E-state index contributed by atoms with van der Waals surface area (Å²) in [5.74, 6) is -0.920. The number of aromatic carboxylic acids is 1. The minimum Gasteiger partial charge on any atom is -0.506 e. The molecule has 2 N–H and O–H groups in total. The van der Waals surface area contributed by atoms with E-state index in [9.17, 15) is 15.0 Å². The van der Waals surface area contributed by atoms with Gasteiger partial charge in [0.25, 0.3) is 0 Å². The van der Waals surface area contributed by atoms with Crippen LogP contribution in [0.25, 0.3) is 11.1 Å². The van der Waals surface area contributed by atoms with Crippen molar-refractivity contribution in [3.8, 4) is 16.9 Å². The number of carbonyl (C=O) groups is 1. The summed E-state index contributed by atoms with van der Waals surface area (Å²) in [5, 5.41) is 20.2. The quantitative estimate of drug-likeness (QED) is 0.803. The van der Waals surface area contributed by atoms with E-state index in [-0.39, 0.29) is 17.2 Å².